The first-order valence-electron chi connectivity index (χ1n) is 9.39. The van der Waals surface area contributed by atoms with Crippen molar-refractivity contribution in [2.24, 2.45) is 5.73 Å². The summed E-state index contributed by atoms with van der Waals surface area (Å²) in [5.74, 6) is -0.432. The van der Waals surface area contributed by atoms with Gasteiger partial charge in [0.25, 0.3) is 0 Å². The number of hydrogen-bond acceptors (Lipinski definition) is 6. The lowest BCUT2D eigenvalue weighted by Crippen LogP contribution is -2.26. The van der Waals surface area contributed by atoms with Crippen LogP contribution in [-0.2, 0) is 16.8 Å². The van der Waals surface area contributed by atoms with E-state index in [1.54, 1.807) is 35.4 Å². The number of cyclic esters (lactones) is 1. The third kappa shape index (κ3) is 3.33. The van der Waals surface area contributed by atoms with Crippen LogP contribution in [0.15, 0.2) is 48.9 Å². The maximum Gasteiger partial charge on any atom is 0.414 e. The summed E-state index contributed by atoms with van der Waals surface area (Å²) in [4.78, 5) is 18.0. The Morgan fingerprint density at radius 1 is 1.28 bits per heavy atom. The SMILES string of the molecule is NC1(c2ccc(-c3ccc(N4C[C@H](Cn5ccnn5)OC4=O)cc3F)cn2)CC1. The predicted octanol–water partition coefficient (Wildman–Crippen LogP) is 2.45. The van der Waals surface area contributed by atoms with Crippen LogP contribution in [0, 0.1) is 5.82 Å². The van der Waals surface area contributed by atoms with Crippen LogP contribution >= 0.6 is 0 Å². The molecule has 1 aliphatic heterocycles. The molecule has 1 aliphatic carbocycles. The van der Waals surface area contributed by atoms with Crippen LogP contribution in [0.5, 0.6) is 0 Å². The minimum atomic E-state index is -0.508. The van der Waals surface area contributed by atoms with Crippen molar-refractivity contribution in [3.63, 3.8) is 0 Å². The van der Waals surface area contributed by atoms with Gasteiger partial charge in [-0.05, 0) is 37.1 Å². The Bertz CT molecular complexity index is 1050. The molecule has 1 atom stereocenters. The third-order valence-corrected chi connectivity index (χ3v) is 5.37. The molecule has 1 saturated carbocycles. The van der Waals surface area contributed by atoms with Crippen LogP contribution in [0.3, 0.4) is 0 Å². The number of amides is 1. The van der Waals surface area contributed by atoms with Gasteiger partial charge in [0.2, 0.25) is 0 Å². The molecule has 2 N–H and O–H groups in total. The number of aromatic nitrogens is 4. The summed E-state index contributed by atoms with van der Waals surface area (Å²) in [5.41, 5.74) is 8.18. The van der Waals surface area contributed by atoms with Gasteiger partial charge in [0, 0.05) is 23.5 Å². The molecule has 2 aliphatic rings. The summed E-state index contributed by atoms with van der Waals surface area (Å²) >= 11 is 0. The number of nitrogens with zero attached hydrogens (tertiary/aromatic N) is 5. The van der Waals surface area contributed by atoms with Crippen LogP contribution in [0.1, 0.15) is 18.5 Å². The number of rotatable bonds is 5. The average molecular weight is 394 g/mol. The zero-order chi connectivity index (χ0) is 20.0. The molecule has 1 saturated heterocycles. The van der Waals surface area contributed by atoms with E-state index in [0.717, 1.165) is 18.5 Å². The fraction of sp³-hybridized carbons (Fsp3) is 0.300. The van der Waals surface area contributed by atoms with Crippen LogP contribution < -0.4 is 10.6 Å². The summed E-state index contributed by atoms with van der Waals surface area (Å²) < 4.78 is 21.8. The second-order valence-corrected chi connectivity index (χ2v) is 7.49. The molecule has 0 bridgehead atoms. The lowest BCUT2D eigenvalue weighted by atomic mass is 10.0. The number of carbonyl (C=O) groups is 1. The van der Waals surface area contributed by atoms with Gasteiger partial charge < -0.3 is 10.5 Å². The van der Waals surface area contributed by atoms with Crippen molar-refractivity contribution in [1.29, 1.82) is 0 Å². The van der Waals surface area contributed by atoms with Crippen molar-refractivity contribution in [2.45, 2.75) is 31.0 Å². The summed E-state index contributed by atoms with van der Waals surface area (Å²) in [6, 6.07) is 8.37. The van der Waals surface area contributed by atoms with Crippen molar-refractivity contribution < 1.29 is 13.9 Å². The Balaban J connectivity index is 1.33. The molecular weight excluding hydrogens is 375 g/mol. The number of pyridine rings is 1. The Morgan fingerprint density at radius 2 is 2.14 bits per heavy atom. The van der Waals surface area contributed by atoms with Gasteiger partial charge in [0.1, 0.15) is 11.9 Å². The van der Waals surface area contributed by atoms with Gasteiger partial charge in [-0.1, -0.05) is 11.3 Å². The number of hydrogen-bond donors (Lipinski definition) is 1. The van der Waals surface area contributed by atoms with E-state index in [0.29, 0.717) is 29.9 Å². The topological polar surface area (TPSA) is 99.2 Å². The highest BCUT2D eigenvalue weighted by Gasteiger charge is 2.41. The van der Waals surface area contributed by atoms with Gasteiger partial charge in [-0.25, -0.2) is 13.9 Å². The van der Waals surface area contributed by atoms with Crippen molar-refractivity contribution in [3.8, 4) is 11.1 Å². The van der Waals surface area contributed by atoms with Crippen molar-refractivity contribution in [3.05, 3.63) is 60.4 Å². The van der Waals surface area contributed by atoms with Crippen LogP contribution in [-0.4, -0.2) is 38.7 Å². The molecule has 1 amide bonds. The number of benzene rings is 1. The maximum absolute atomic E-state index is 14.8. The molecule has 5 rings (SSSR count). The molecule has 0 unspecified atom stereocenters. The number of nitrogens with two attached hydrogens (primary N) is 1. The summed E-state index contributed by atoms with van der Waals surface area (Å²) in [6.45, 7) is 0.704. The van der Waals surface area contributed by atoms with Crippen LogP contribution in [0.2, 0.25) is 0 Å². The molecule has 0 radical (unpaired) electrons. The molecule has 2 aromatic heterocycles. The number of halogens is 1. The van der Waals surface area contributed by atoms with Crippen molar-refractivity contribution in [1.82, 2.24) is 20.0 Å². The van der Waals surface area contributed by atoms with E-state index in [9.17, 15) is 9.18 Å². The Labute approximate surface area is 166 Å². The largest absolute Gasteiger partial charge is 0.442 e. The van der Waals surface area contributed by atoms with E-state index in [2.05, 4.69) is 15.3 Å². The summed E-state index contributed by atoms with van der Waals surface area (Å²) in [5, 5.41) is 7.60. The normalized spacial score (nSPS) is 20.0. The third-order valence-electron chi connectivity index (χ3n) is 5.37. The van der Waals surface area contributed by atoms with Gasteiger partial charge in [-0.2, -0.15) is 0 Å². The lowest BCUT2D eigenvalue weighted by molar-refractivity contribution is 0.129. The Morgan fingerprint density at radius 3 is 2.79 bits per heavy atom. The van der Waals surface area contributed by atoms with E-state index in [4.69, 9.17) is 10.5 Å². The zero-order valence-corrected chi connectivity index (χ0v) is 15.5. The number of carbonyl (C=O) groups excluding carboxylic acids is 1. The average Bonchev–Trinajstić information content (AvgIpc) is 3.11. The van der Waals surface area contributed by atoms with E-state index < -0.39 is 11.9 Å². The highest BCUT2D eigenvalue weighted by atomic mass is 19.1. The van der Waals surface area contributed by atoms with E-state index in [-0.39, 0.29) is 11.6 Å². The summed E-state index contributed by atoms with van der Waals surface area (Å²) in [7, 11) is 0. The highest BCUT2D eigenvalue weighted by molar-refractivity contribution is 5.90. The smallest absolute Gasteiger partial charge is 0.414 e. The second kappa shape index (κ2) is 6.63. The molecule has 2 fully saturated rings. The summed E-state index contributed by atoms with van der Waals surface area (Å²) in [6.07, 6.45) is 5.85. The first-order valence-corrected chi connectivity index (χ1v) is 9.39. The molecule has 0 spiro atoms. The standard InChI is InChI=1S/C20H19FN6O2/c21-17-9-14(27-12-15(29-19(27)28)11-26-8-7-24-25-26)2-3-16(17)13-1-4-18(23-10-13)20(22)5-6-20/h1-4,7-10,15H,5-6,11-12,22H2/t15-/m0/s1. The lowest BCUT2D eigenvalue weighted by Gasteiger charge is -2.15. The maximum atomic E-state index is 14.8. The quantitative estimate of drug-likeness (QED) is 0.714. The van der Waals surface area contributed by atoms with Gasteiger partial charge >= 0.3 is 6.09 Å². The van der Waals surface area contributed by atoms with Crippen LogP contribution in [0.4, 0.5) is 14.9 Å². The zero-order valence-electron chi connectivity index (χ0n) is 15.5. The van der Waals surface area contributed by atoms with Gasteiger partial charge in [-0.15, -0.1) is 5.10 Å². The molecule has 3 heterocycles. The second-order valence-electron chi connectivity index (χ2n) is 7.49. The molecule has 148 valence electrons. The van der Waals surface area contributed by atoms with E-state index in [1.807, 2.05) is 12.1 Å². The molecule has 3 aromatic rings. The monoisotopic (exact) mass is 394 g/mol. The van der Waals surface area contributed by atoms with Crippen LogP contribution in [0.25, 0.3) is 11.1 Å². The van der Waals surface area contributed by atoms with Crippen molar-refractivity contribution >= 4 is 11.8 Å². The molecule has 8 nitrogen and oxygen atoms in total. The number of anilines is 1. The predicted molar refractivity (Wildman–Crippen MR) is 102 cm³/mol. The minimum Gasteiger partial charge on any atom is -0.442 e. The van der Waals surface area contributed by atoms with Gasteiger partial charge in [0.15, 0.2) is 0 Å². The highest BCUT2D eigenvalue weighted by Crippen LogP contribution is 2.42. The molecule has 1 aromatic carbocycles. The molecular formula is C20H19FN6O2. The fourth-order valence-corrected chi connectivity index (χ4v) is 3.51. The van der Waals surface area contributed by atoms with Gasteiger partial charge in [0.05, 0.1) is 36.2 Å². The Kier molecular flexibility index (Phi) is 4.06. The van der Waals surface area contributed by atoms with E-state index >= 15 is 0 Å². The fourth-order valence-electron chi connectivity index (χ4n) is 3.51. The number of ether oxygens (including phenoxy) is 1. The minimum absolute atomic E-state index is 0.312. The molecule has 29 heavy (non-hydrogen) atoms. The van der Waals surface area contributed by atoms with Crippen molar-refractivity contribution in [2.75, 3.05) is 11.4 Å². The molecule has 9 heteroatoms. The first-order chi connectivity index (χ1) is 14.0. The van der Waals surface area contributed by atoms with Gasteiger partial charge in [-0.3, -0.25) is 9.88 Å². The Hall–Kier alpha value is -3.33. The van der Waals surface area contributed by atoms with E-state index in [1.165, 1.54) is 11.0 Å². The first kappa shape index (κ1) is 17.7.